The number of amides is 1. The minimum Gasteiger partial charge on any atom is -0.322 e. The Hall–Kier alpha value is -3.74. The molecule has 0 aliphatic carbocycles. The fourth-order valence-corrected chi connectivity index (χ4v) is 3.94. The standard InChI is InChI=1S/C24H24N6O/c31-24(20-15-25-29(17-20)16-18-7-3-1-4-8-18)26-21-12-10-19(11-13-21)23-28-27-22-9-5-2-6-14-30(22)23/h1,3-4,7-8,10-13,15,17H,2,5-6,9,14,16H2,(H,26,31). The topological polar surface area (TPSA) is 77.6 Å². The van der Waals surface area contributed by atoms with Gasteiger partial charge in [0.1, 0.15) is 5.82 Å². The van der Waals surface area contributed by atoms with Crippen LogP contribution in [-0.2, 0) is 19.5 Å². The number of aryl methyl sites for hydroxylation is 1. The van der Waals surface area contributed by atoms with E-state index >= 15 is 0 Å². The summed E-state index contributed by atoms with van der Waals surface area (Å²) in [5, 5.41) is 16.0. The lowest BCUT2D eigenvalue weighted by Crippen LogP contribution is -2.11. The monoisotopic (exact) mass is 412 g/mol. The van der Waals surface area contributed by atoms with E-state index in [1.165, 1.54) is 12.8 Å². The third kappa shape index (κ3) is 4.26. The molecule has 1 aliphatic heterocycles. The second kappa shape index (κ2) is 8.55. The van der Waals surface area contributed by atoms with Gasteiger partial charge in [0.05, 0.1) is 18.3 Å². The summed E-state index contributed by atoms with van der Waals surface area (Å²) in [5.74, 6) is 1.79. The van der Waals surface area contributed by atoms with Crippen LogP contribution in [0.4, 0.5) is 5.69 Å². The first kappa shape index (κ1) is 19.2. The van der Waals surface area contributed by atoms with Gasteiger partial charge in [-0.2, -0.15) is 5.10 Å². The number of hydrogen-bond acceptors (Lipinski definition) is 4. The minimum atomic E-state index is -0.177. The van der Waals surface area contributed by atoms with E-state index in [1.807, 2.05) is 54.6 Å². The Labute approximate surface area is 180 Å². The maximum absolute atomic E-state index is 12.6. The maximum Gasteiger partial charge on any atom is 0.258 e. The first-order valence-electron chi connectivity index (χ1n) is 10.7. The number of hydrogen-bond donors (Lipinski definition) is 1. The van der Waals surface area contributed by atoms with E-state index in [-0.39, 0.29) is 5.91 Å². The molecule has 2 aromatic heterocycles. The van der Waals surface area contributed by atoms with Crippen LogP contribution in [-0.4, -0.2) is 30.5 Å². The van der Waals surface area contributed by atoms with Gasteiger partial charge in [-0.25, -0.2) is 0 Å². The lowest BCUT2D eigenvalue weighted by molar-refractivity contribution is 0.102. The SMILES string of the molecule is O=C(Nc1ccc(-c2nnc3n2CCCCC3)cc1)c1cnn(Cc2ccccc2)c1. The van der Waals surface area contributed by atoms with Crippen LogP contribution >= 0.6 is 0 Å². The Bertz CT molecular complexity index is 1180. The summed E-state index contributed by atoms with van der Waals surface area (Å²) in [5.41, 5.74) is 3.41. The molecule has 0 spiro atoms. The molecule has 7 nitrogen and oxygen atoms in total. The number of anilines is 1. The molecule has 0 radical (unpaired) electrons. The first-order chi connectivity index (χ1) is 15.3. The third-order valence-electron chi connectivity index (χ3n) is 5.59. The summed E-state index contributed by atoms with van der Waals surface area (Å²) in [6.07, 6.45) is 7.91. The molecule has 0 saturated heterocycles. The summed E-state index contributed by atoms with van der Waals surface area (Å²) < 4.78 is 3.99. The molecule has 1 aliphatic rings. The van der Waals surface area contributed by atoms with Crippen molar-refractivity contribution in [1.82, 2.24) is 24.5 Å². The number of carbonyl (C=O) groups is 1. The highest BCUT2D eigenvalue weighted by atomic mass is 16.1. The van der Waals surface area contributed by atoms with Crippen molar-refractivity contribution in [2.24, 2.45) is 0 Å². The zero-order chi connectivity index (χ0) is 21.0. The van der Waals surface area contributed by atoms with Crippen molar-refractivity contribution in [1.29, 1.82) is 0 Å². The highest BCUT2D eigenvalue weighted by Crippen LogP contribution is 2.24. The van der Waals surface area contributed by atoms with E-state index in [2.05, 4.69) is 25.2 Å². The molecule has 0 saturated carbocycles. The lowest BCUT2D eigenvalue weighted by atomic mass is 10.2. The zero-order valence-electron chi connectivity index (χ0n) is 17.2. The van der Waals surface area contributed by atoms with E-state index in [0.717, 1.165) is 47.8 Å². The summed E-state index contributed by atoms with van der Waals surface area (Å²) in [7, 11) is 0. The van der Waals surface area contributed by atoms with Gasteiger partial charge in [-0.05, 0) is 42.7 Å². The van der Waals surface area contributed by atoms with Crippen LogP contribution in [0.25, 0.3) is 11.4 Å². The Morgan fingerprint density at radius 1 is 0.968 bits per heavy atom. The van der Waals surface area contributed by atoms with Gasteiger partial charge in [0.2, 0.25) is 0 Å². The third-order valence-corrected chi connectivity index (χ3v) is 5.59. The zero-order valence-corrected chi connectivity index (χ0v) is 17.2. The molecule has 3 heterocycles. The summed E-state index contributed by atoms with van der Waals surface area (Å²) in [4.78, 5) is 12.6. The molecular formula is C24H24N6O. The van der Waals surface area contributed by atoms with Gasteiger partial charge in [-0.3, -0.25) is 9.48 Å². The van der Waals surface area contributed by atoms with Gasteiger partial charge in [0, 0.05) is 30.4 Å². The van der Waals surface area contributed by atoms with Gasteiger partial charge in [-0.15, -0.1) is 10.2 Å². The number of benzene rings is 2. The summed E-state index contributed by atoms with van der Waals surface area (Å²) in [6.45, 7) is 1.59. The maximum atomic E-state index is 12.6. The molecule has 0 fully saturated rings. The largest absolute Gasteiger partial charge is 0.322 e. The quantitative estimate of drug-likeness (QED) is 0.534. The average molecular weight is 412 g/mol. The van der Waals surface area contributed by atoms with E-state index in [1.54, 1.807) is 17.1 Å². The van der Waals surface area contributed by atoms with Gasteiger partial charge in [0.25, 0.3) is 5.91 Å². The van der Waals surface area contributed by atoms with Crippen LogP contribution in [0.2, 0.25) is 0 Å². The Morgan fingerprint density at radius 3 is 2.65 bits per heavy atom. The molecule has 1 amide bonds. The Morgan fingerprint density at radius 2 is 1.81 bits per heavy atom. The van der Waals surface area contributed by atoms with E-state index in [0.29, 0.717) is 12.1 Å². The Kier molecular flexibility index (Phi) is 5.31. The average Bonchev–Trinajstić information content (AvgIpc) is 3.36. The lowest BCUT2D eigenvalue weighted by Gasteiger charge is -2.08. The van der Waals surface area contributed by atoms with Crippen molar-refractivity contribution in [3.8, 4) is 11.4 Å². The normalized spacial score (nSPS) is 13.4. The fourth-order valence-electron chi connectivity index (χ4n) is 3.94. The molecule has 0 bridgehead atoms. The number of aromatic nitrogens is 5. The van der Waals surface area contributed by atoms with E-state index in [9.17, 15) is 4.79 Å². The van der Waals surface area contributed by atoms with Crippen LogP contribution in [0, 0.1) is 0 Å². The molecule has 7 heteroatoms. The van der Waals surface area contributed by atoms with Crippen LogP contribution < -0.4 is 5.32 Å². The Balaban J connectivity index is 1.26. The number of rotatable bonds is 5. The second-order valence-electron chi connectivity index (χ2n) is 7.85. The van der Waals surface area contributed by atoms with Crippen molar-refractivity contribution < 1.29 is 4.79 Å². The smallest absolute Gasteiger partial charge is 0.258 e. The molecule has 4 aromatic rings. The fraction of sp³-hybridized carbons (Fsp3) is 0.250. The first-order valence-corrected chi connectivity index (χ1v) is 10.7. The highest BCUT2D eigenvalue weighted by Gasteiger charge is 2.16. The van der Waals surface area contributed by atoms with Crippen molar-refractivity contribution >= 4 is 11.6 Å². The van der Waals surface area contributed by atoms with Gasteiger partial charge in [-0.1, -0.05) is 36.8 Å². The van der Waals surface area contributed by atoms with Gasteiger partial charge >= 0.3 is 0 Å². The molecule has 1 N–H and O–H groups in total. The second-order valence-corrected chi connectivity index (χ2v) is 7.85. The van der Waals surface area contributed by atoms with Crippen LogP contribution in [0.15, 0.2) is 67.0 Å². The number of nitrogens with one attached hydrogen (secondary N) is 1. The number of fused-ring (bicyclic) bond motifs is 1. The van der Waals surface area contributed by atoms with Crippen molar-refractivity contribution in [2.75, 3.05) is 5.32 Å². The number of carbonyl (C=O) groups excluding carboxylic acids is 1. The molecule has 5 rings (SSSR count). The highest BCUT2D eigenvalue weighted by molar-refractivity contribution is 6.04. The van der Waals surface area contributed by atoms with Gasteiger partial charge in [0.15, 0.2) is 5.82 Å². The van der Waals surface area contributed by atoms with Crippen molar-refractivity contribution in [3.63, 3.8) is 0 Å². The summed E-state index contributed by atoms with van der Waals surface area (Å²) >= 11 is 0. The van der Waals surface area contributed by atoms with Crippen LogP contribution in [0.1, 0.15) is 41.0 Å². The molecule has 2 aromatic carbocycles. The van der Waals surface area contributed by atoms with Gasteiger partial charge < -0.3 is 9.88 Å². The predicted octanol–water partition coefficient (Wildman–Crippen LogP) is 4.17. The van der Waals surface area contributed by atoms with E-state index < -0.39 is 0 Å². The summed E-state index contributed by atoms with van der Waals surface area (Å²) in [6, 6.07) is 17.8. The van der Waals surface area contributed by atoms with Crippen molar-refractivity contribution in [3.05, 3.63) is 83.9 Å². The molecule has 31 heavy (non-hydrogen) atoms. The molecule has 156 valence electrons. The van der Waals surface area contributed by atoms with Crippen molar-refractivity contribution in [2.45, 2.75) is 38.8 Å². The van der Waals surface area contributed by atoms with Crippen LogP contribution in [0.5, 0.6) is 0 Å². The molecule has 0 atom stereocenters. The minimum absolute atomic E-state index is 0.177. The predicted molar refractivity (Wildman–Crippen MR) is 119 cm³/mol. The number of nitrogens with zero attached hydrogens (tertiary/aromatic N) is 5. The molecular weight excluding hydrogens is 388 g/mol. The van der Waals surface area contributed by atoms with E-state index in [4.69, 9.17) is 0 Å². The van der Waals surface area contributed by atoms with Crippen LogP contribution in [0.3, 0.4) is 0 Å². The molecule has 0 unspecified atom stereocenters.